The monoisotopic (exact) mass is 484 g/mol. The normalized spacial score (nSPS) is 20.1. The standard InChI is InChI=1S/C30H32N2O2S/c1-5-27(34)32-24-10-7-6-9-22(24)31-23-17-20(19-12-14-21(15-13-19)30(2,3)4)18-25(33)28(23)29(32)26-11-8-16-35-26/h6-16,20,29,31H,5,17-18H2,1-4H3. The molecule has 0 saturated carbocycles. The Labute approximate surface area is 211 Å². The Hall–Kier alpha value is -3.18. The van der Waals surface area contributed by atoms with Gasteiger partial charge in [0.2, 0.25) is 5.91 Å². The van der Waals surface area contributed by atoms with Crippen LogP contribution < -0.4 is 10.2 Å². The van der Waals surface area contributed by atoms with Crippen molar-refractivity contribution in [1.29, 1.82) is 0 Å². The van der Waals surface area contributed by atoms with E-state index >= 15 is 0 Å². The van der Waals surface area contributed by atoms with E-state index in [0.29, 0.717) is 12.8 Å². The van der Waals surface area contributed by atoms with Gasteiger partial charge in [-0.25, -0.2) is 0 Å². The molecule has 2 aromatic carbocycles. The third-order valence-corrected chi connectivity index (χ3v) is 8.05. The van der Waals surface area contributed by atoms with Crippen LogP contribution in [0, 0.1) is 0 Å². The molecule has 0 spiro atoms. The second-order valence-electron chi connectivity index (χ2n) is 10.5. The molecule has 3 aromatic rings. The largest absolute Gasteiger partial charge is 0.357 e. The molecule has 0 radical (unpaired) electrons. The molecule has 5 heteroatoms. The Morgan fingerprint density at radius 2 is 1.77 bits per heavy atom. The summed E-state index contributed by atoms with van der Waals surface area (Å²) in [5.41, 5.74) is 5.93. The van der Waals surface area contributed by atoms with Crippen LogP contribution in [0.1, 0.15) is 74.9 Å². The Morgan fingerprint density at radius 1 is 1.03 bits per heavy atom. The fourth-order valence-corrected chi connectivity index (χ4v) is 6.07. The number of thiophene rings is 1. The lowest BCUT2D eigenvalue weighted by Gasteiger charge is -2.34. The van der Waals surface area contributed by atoms with Crippen LogP contribution in [-0.4, -0.2) is 11.7 Å². The van der Waals surface area contributed by atoms with Gasteiger partial charge in [0.05, 0.1) is 11.4 Å². The van der Waals surface area contributed by atoms with Crippen molar-refractivity contribution in [2.24, 2.45) is 0 Å². The van der Waals surface area contributed by atoms with E-state index in [1.807, 2.05) is 53.6 Å². The molecule has 1 aliphatic carbocycles. The molecule has 35 heavy (non-hydrogen) atoms. The Kier molecular flexibility index (Phi) is 6.14. The first-order valence-electron chi connectivity index (χ1n) is 12.4. The van der Waals surface area contributed by atoms with Crippen molar-refractivity contribution in [3.8, 4) is 0 Å². The third kappa shape index (κ3) is 4.34. The van der Waals surface area contributed by atoms with Gasteiger partial charge >= 0.3 is 0 Å². The Bertz CT molecular complexity index is 1280. The number of Topliss-reactive ketones (excluding diaryl/α,β-unsaturated/α-hetero) is 1. The maximum atomic E-state index is 13.9. The van der Waals surface area contributed by atoms with Crippen LogP contribution in [0.15, 0.2) is 77.3 Å². The fraction of sp³-hybridized carbons (Fsp3) is 0.333. The molecule has 2 atom stereocenters. The number of nitrogens with zero attached hydrogens (tertiary/aromatic N) is 1. The summed E-state index contributed by atoms with van der Waals surface area (Å²) >= 11 is 1.60. The summed E-state index contributed by atoms with van der Waals surface area (Å²) < 4.78 is 0. The number of hydrogen-bond donors (Lipinski definition) is 1. The minimum Gasteiger partial charge on any atom is -0.357 e. The first-order chi connectivity index (χ1) is 16.8. The summed E-state index contributed by atoms with van der Waals surface area (Å²) in [5.74, 6) is 0.232. The van der Waals surface area contributed by atoms with E-state index in [1.165, 1.54) is 11.1 Å². The summed E-state index contributed by atoms with van der Waals surface area (Å²) in [6.45, 7) is 8.52. The van der Waals surface area contributed by atoms with Gasteiger partial charge in [-0.15, -0.1) is 11.3 Å². The van der Waals surface area contributed by atoms with Crippen molar-refractivity contribution in [3.05, 3.63) is 93.3 Å². The smallest absolute Gasteiger partial charge is 0.227 e. The van der Waals surface area contributed by atoms with Crippen LogP contribution in [0.3, 0.4) is 0 Å². The molecule has 1 N–H and O–H groups in total. The zero-order valence-electron chi connectivity index (χ0n) is 20.8. The summed E-state index contributed by atoms with van der Waals surface area (Å²) in [5, 5.41) is 5.61. The number of amides is 1. The zero-order chi connectivity index (χ0) is 24.7. The van der Waals surface area contributed by atoms with E-state index < -0.39 is 6.04 Å². The van der Waals surface area contributed by atoms with Gasteiger partial charge in [-0.05, 0) is 52.5 Å². The van der Waals surface area contributed by atoms with Gasteiger partial charge in [0.15, 0.2) is 5.78 Å². The number of hydrogen-bond acceptors (Lipinski definition) is 4. The van der Waals surface area contributed by atoms with Gasteiger partial charge < -0.3 is 5.32 Å². The Morgan fingerprint density at radius 3 is 2.43 bits per heavy atom. The first-order valence-corrected chi connectivity index (χ1v) is 13.2. The number of ketones is 1. The van der Waals surface area contributed by atoms with Gasteiger partial charge in [0.1, 0.15) is 6.04 Å². The average molecular weight is 485 g/mol. The second kappa shape index (κ2) is 9.12. The van der Waals surface area contributed by atoms with Crippen LogP contribution in [0.5, 0.6) is 0 Å². The summed E-state index contributed by atoms with van der Waals surface area (Å²) in [6.07, 6.45) is 1.55. The molecular formula is C30H32N2O2S. The van der Waals surface area contributed by atoms with E-state index in [4.69, 9.17) is 0 Å². The minimum atomic E-state index is -0.412. The maximum absolute atomic E-state index is 13.9. The summed E-state index contributed by atoms with van der Waals surface area (Å²) in [6, 6.07) is 20.3. The number of anilines is 2. The van der Waals surface area contributed by atoms with E-state index in [1.54, 1.807) is 11.3 Å². The molecular weight excluding hydrogens is 452 g/mol. The van der Waals surface area contributed by atoms with E-state index in [2.05, 4.69) is 50.4 Å². The molecule has 1 aromatic heterocycles. The quantitative estimate of drug-likeness (QED) is 0.423. The highest BCUT2D eigenvalue weighted by Crippen LogP contribution is 2.48. The highest BCUT2D eigenvalue weighted by atomic mass is 32.1. The second-order valence-corrected chi connectivity index (χ2v) is 11.4. The van der Waals surface area contributed by atoms with Crippen LogP contribution in [0.4, 0.5) is 11.4 Å². The van der Waals surface area contributed by atoms with Crippen molar-refractivity contribution in [1.82, 2.24) is 0 Å². The predicted molar refractivity (Wildman–Crippen MR) is 144 cm³/mol. The third-order valence-electron chi connectivity index (χ3n) is 7.12. The predicted octanol–water partition coefficient (Wildman–Crippen LogP) is 7.36. The number of rotatable bonds is 3. The number of carbonyl (C=O) groups is 2. The highest BCUT2D eigenvalue weighted by molar-refractivity contribution is 7.10. The zero-order valence-corrected chi connectivity index (χ0v) is 21.6. The molecule has 0 saturated heterocycles. The summed E-state index contributed by atoms with van der Waals surface area (Å²) in [4.78, 5) is 30.1. The molecule has 1 aliphatic heterocycles. The lowest BCUT2D eigenvalue weighted by atomic mass is 9.78. The lowest BCUT2D eigenvalue weighted by molar-refractivity contribution is -0.118. The SMILES string of the molecule is CCC(=O)N1c2ccccc2NC2=C(C(=O)CC(c3ccc(C(C)(C)C)cc3)C2)C1c1cccs1. The number of para-hydroxylation sites is 2. The van der Waals surface area contributed by atoms with Crippen molar-refractivity contribution in [2.75, 3.05) is 10.2 Å². The maximum Gasteiger partial charge on any atom is 0.227 e. The molecule has 0 fully saturated rings. The topological polar surface area (TPSA) is 49.4 Å². The van der Waals surface area contributed by atoms with E-state index in [0.717, 1.165) is 33.9 Å². The van der Waals surface area contributed by atoms with Crippen molar-refractivity contribution >= 4 is 34.4 Å². The van der Waals surface area contributed by atoms with Crippen LogP contribution >= 0.6 is 11.3 Å². The fourth-order valence-electron chi connectivity index (χ4n) is 5.24. The Balaban J connectivity index is 1.61. The van der Waals surface area contributed by atoms with Gasteiger partial charge in [0, 0.05) is 29.0 Å². The number of benzene rings is 2. The average Bonchev–Trinajstić information content (AvgIpc) is 3.32. The highest BCUT2D eigenvalue weighted by Gasteiger charge is 2.41. The van der Waals surface area contributed by atoms with Crippen LogP contribution in [0.2, 0.25) is 0 Å². The van der Waals surface area contributed by atoms with Crippen LogP contribution in [0.25, 0.3) is 0 Å². The first kappa shape index (κ1) is 23.6. The number of carbonyl (C=O) groups excluding carboxylic acids is 2. The van der Waals surface area contributed by atoms with Crippen molar-refractivity contribution in [2.45, 2.75) is 64.3 Å². The number of allylic oxidation sites excluding steroid dienone is 1. The van der Waals surface area contributed by atoms with Crippen LogP contribution in [-0.2, 0) is 15.0 Å². The lowest BCUT2D eigenvalue weighted by Crippen LogP contribution is -2.37. The van der Waals surface area contributed by atoms with Gasteiger partial charge in [-0.2, -0.15) is 0 Å². The van der Waals surface area contributed by atoms with E-state index in [-0.39, 0.29) is 23.0 Å². The van der Waals surface area contributed by atoms with Gasteiger partial charge in [-0.3, -0.25) is 14.5 Å². The van der Waals surface area contributed by atoms with Crippen molar-refractivity contribution < 1.29 is 9.59 Å². The molecule has 1 amide bonds. The molecule has 2 aliphatic rings. The van der Waals surface area contributed by atoms with E-state index in [9.17, 15) is 9.59 Å². The molecule has 4 nitrogen and oxygen atoms in total. The number of nitrogens with one attached hydrogen (secondary N) is 1. The molecule has 2 heterocycles. The van der Waals surface area contributed by atoms with Crippen molar-refractivity contribution in [3.63, 3.8) is 0 Å². The summed E-state index contributed by atoms with van der Waals surface area (Å²) in [7, 11) is 0. The van der Waals surface area contributed by atoms with Gasteiger partial charge in [-0.1, -0.05) is 70.2 Å². The molecule has 5 rings (SSSR count). The number of fused-ring (bicyclic) bond motifs is 1. The molecule has 0 bridgehead atoms. The minimum absolute atomic E-state index is 0.0130. The molecule has 2 unspecified atom stereocenters. The molecule has 180 valence electrons. The van der Waals surface area contributed by atoms with Gasteiger partial charge in [0.25, 0.3) is 0 Å².